The van der Waals surface area contributed by atoms with Crippen molar-refractivity contribution in [3.63, 3.8) is 0 Å². The first kappa shape index (κ1) is 7.87. The van der Waals surface area contributed by atoms with Gasteiger partial charge in [-0.25, -0.2) is 0 Å². The number of nitrogens with one attached hydrogen (secondary N) is 1. The van der Waals surface area contributed by atoms with Crippen LogP contribution in [0.4, 0.5) is 0 Å². The fraction of sp³-hybridized carbons (Fsp3) is 0.600. The van der Waals surface area contributed by atoms with Gasteiger partial charge in [0.2, 0.25) is 0 Å². The lowest BCUT2D eigenvalue weighted by Gasteiger charge is -2.05. The highest BCUT2D eigenvalue weighted by Crippen LogP contribution is 2.27. The molecular formula is C10H15NO. The number of rotatable bonds is 1. The summed E-state index contributed by atoms with van der Waals surface area (Å²) in [5.41, 5.74) is 0. The van der Waals surface area contributed by atoms with Crippen molar-refractivity contribution < 1.29 is 4.42 Å². The summed E-state index contributed by atoms with van der Waals surface area (Å²) in [6.07, 6.45) is 1.20. The molecule has 66 valence electrons. The lowest BCUT2D eigenvalue weighted by Crippen LogP contribution is -2.12. The van der Waals surface area contributed by atoms with Crippen LogP contribution in [0.2, 0.25) is 0 Å². The summed E-state index contributed by atoms with van der Waals surface area (Å²) in [7, 11) is 0. The molecule has 0 spiro atoms. The van der Waals surface area contributed by atoms with Gasteiger partial charge < -0.3 is 9.73 Å². The van der Waals surface area contributed by atoms with Crippen LogP contribution in [0.5, 0.6) is 0 Å². The normalized spacial score (nSPS) is 29.5. The van der Waals surface area contributed by atoms with Crippen molar-refractivity contribution in [1.82, 2.24) is 5.32 Å². The molecule has 2 heterocycles. The van der Waals surface area contributed by atoms with Crippen molar-refractivity contribution in [2.75, 3.05) is 6.54 Å². The van der Waals surface area contributed by atoms with E-state index in [2.05, 4.69) is 18.3 Å². The third kappa shape index (κ3) is 1.39. The van der Waals surface area contributed by atoms with E-state index in [0.29, 0.717) is 6.04 Å². The lowest BCUT2D eigenvalue weighted by molar-refractivity contribution is 0.424. The molecule has 1 aromatic rings. The van der Waals surface area contributed by atoms with E-state index in [0.717, 1.165) is 24.0 Å². The largest absolute Gasteiger partial charge is 0.465 e. The molecule has 1 aliphatic heterocycles. The van der Waals surface area contributed by atoms with Gasteiger partial charge in [0.1, 0.15) is 11.5 Å². The van der Waals surface area contributed by atoms with Crippen LogP contribution in [0, 0.1) is 12.8 Å². The SMILES string of the molecule is Cc1ccc([C@@H]2C[C@H](C)CN2)o1. The van der Waals surface area contributed by atoms with Gasteiger partial charge in [0.15, 0.2) is 0 Å². The highest BCUT2D eigenvalue weighted by Gasteiger charge is 2.23. The maximum atomic E-state index is 5.55. The molecule has 1 saturated heterocycles. The highest BCUT2D eigenvalue weighted by molar-refractivity contribution is 5.11. The number of hydrogen-bond donors (Lipinski definition) is 1. The smallest absolute Gasteiger partial charge is 0.121 e. The Balaban J connectivity index is 2.11. The molecule has 1 aromatic heterocycles. The summed E-state index contributed by atoms with van der Waals surface area (Å²) in [5.74, 6) is 2.88. The molecule has 2 heteroatoms. The molecule has 0 radical (unpaired) electrons. The van der Waals surface area contributed by atoms with Crippen LogP contribution in [0.1, 0.15) is 30.9 Å². The van der Waals surface area contributed by atoms with Crippen LogP contribution in [0.15, 0.2) is 16.5 Å². The Kier molecular flexibility index (Phi) is 1.93. The van der Waals surface area contributed by atoms with Crippen LogP contribution in [0.3, 0.4) is 0 Å². The van der Waals surface area contributed by atoms with E-state index >= 15 is 0 Å². The van der Waals surface area contributed by atoms with Crippen molar-refractivity contribution in [2.45, 2.75) is 26.3 Å². The van der Waals surface area contributed by atoms with Crippen LogP contribution in [-0.2, 0) is 0 Å². The molecule has 0 aromatic carbocycles. The molecule has 0 unspecified atom stereocenters. The third-order valence-electron chi connectivity index (χ3n) is 2.46. The molecule has 0 bridgehead atoms. The Hall–Kier alpha value is -0.760. The average molecular weight is 165 g/mol. The molecule has 1 fully saturated rings. The third-order valence-corrected chi connectivity index (χ3v) is 2.46. The molecule has 1 aliphatic rings. The van der Waals surface area contributed by atoms with Gasteiger partial charge in [0, 0.05) is 0 Å². The van der Waals surface area contributed by atoms with Gasteiger partial charge in [-0.05, 0) is 37.9 Å². The molecule has 2 rings (SSSR count). The van der Waals surface area contributed by atoms with Gasteiger partial charge in [-0.15, -0.1) is 0 Å². The Bertz CT molecular complexity index is 267. The average Bonchev–Trinajstić information content (AvgIpc) is 2.58. The van der Waals surface area contributed by atoms with Crippen LogP contribution >= 0.6 is 0 Å². The second-order valence-electron chi connectivity index (χ2n) is 3.75. The zero-order valence-corrected chi connectivity index (χ0v) is 7.63. The number of hydrogen-bond acceptors (Lipinski definition) is 2. The Morgan fingerprint density at radius 1 is 1.50 bits per heavy atom. The van der Waals surface area contributed by atoms with Crippen molar-refractivity contribution in [1.29, 1.82) is 0 Å². The van der Waals surface area contributed by atoms with Crippen LogP contribution in [-0.4, -0.2) is 6.54 Å². The van der Waals surface area contributed by atoms with Gasteiger partial charge in [-0.2, -0.15) is 0 Å². The second kappa shape index (κ2) is 2.94. The van der Waals surface area contributed by atoms with Crippen molar-refractivity contribution in [3.8, 4) is 0 Å². The van der Waals surface area contributed by atoms with E-state index in [-0.39, 0.29) is 0 Å². The highest BCUT2D eigenvalue weighted by atomic mass is 16.3. The topological polar surface area (TPSA) is 25.2 Å². The zero-order chi connectivity index (χ0) is 8.55. The molecule has 0 amide bonds. The molecule has 12 heavy (non-hydrogen) atoms. The first-order valence-electron chi connectivity index (χ1n) is 4.55. The Morgan fingerprint density at radius 2 is 2.33 bits per heavy atom. The van der Waals surface area contributed by atoms with Crippen molar-refractivity contribution >= 4 is 0 Å². The van der Waals surface area contributed by atoms with Gasteiger partial charge in [0.25, 0.3) is 0 Å². The van der Waals surface area contributed by atoms with Crippen molar-refractivity contribution in [2.24, 2.45) is 5.92 Å². The van der Waals surface area contributed by atoms with Gasteiger partial charge in [0.05, 0.1) is 6.04 Å². The molecule has 0 saturated carbocycles. The van der Waals surface area contributed by atoms with Gasteiger partial charge in [-0.1, -0.05) is 6.92 Å². The van der Waals surface area contributed by atoms with Crippen LogP contribution in [0.25, 0.3) is 0 Å². The predicted octanol–water partition coefficient (Wildman–Crippen LogP) is 2.26. The molecule has 0 aliphatic carbocycles. The summed E-state index contributed by atoms with van der Waals surface area (Å²) < 4.78 is 5.55. The Labute approximate surface area is 73.0 Å². The standard InChI is InChI=1S/C10H15NO/c1-7-5-9(11-6-7)10-4-3-8(2)12-10/h3-4,7,9,11H,5-6H2,1-2H3/t7-,9-/m0/s1. The van der Waals surface area contributed by atoms with E-state index in [4.69, 9.17) is 4.42 Å². The maximum absolute atomic E-state index is 5.55. The van der Waals surface area contributed by atoms with Gasteiger partial charge >= 0.3 is 0 Å². The fourth-order valence-electron chi connectivity index (χ4n) is 1.77. The fourth-order valence-corrected chi connectivity index (χ4v) is 1.77. The monoisotopic (exact) mass is 165 g/mol. The van der Waals surface area contributed by atoms with E-state index in [1.165, 1.54) is 6.42 Å². The number of furan rings is 1. The van der Waals surface area contributed by atoms with E-state index in [9.17, 15) is 0 Å². The first-order chi connectivity index (χ1) is 5.75. The van der Waals surface area contributed by atoms with Gasteiger partial charge in [-0.3, -0.25) is 0 Å². The molecular weight excluding hydrogens is 150 g/mol. The van der Waals surface area contributed by atoms with E-state index < -0.39 is 0 Å². The number of aryl methyl sites for hydroxylation is 1. The maximum Gasteiger partial charge on any atom is 0.121 e. The summed E-state index contributed by atoms with van der Waals surface area (Å²) >= 11 is 0. The minimum Gasteiger partial charge on any atom is -0.465 e. The minimum absolute atomic E-state index is 0.452. The molecule has 2 nitrogen and oxygen atoms in total. The molecule has 1 N–H and O–H groups in total. The zero-order valence-electron chi connectivity index (χ0n) is 7.63. The lowest BCUT2D eigenvalue weighted by atomic mass is 10.1. The molecule has 2 atom stereocenters. The summed E-state index contributed by atoms with van der Waals surface area (Å²) in [6.45, 7) is 5.37. The summed E-state index contributed by atoms with van der Waals surface area (Å²) in [6, 6.07) is 4.55. The van der Waals surface area contributed by atoms with Crippen LogP contribution < -0.4 is 5.32 Å². The summed E-state index contributed by atoms with van der Waals surface area (Å²) in [5, 5.41) is 3.44. The van der Waals surface area contributed by atoms with E-state index in [1.54, 1.807) is 0 Å². The summed E-state index contributed by atoms with van der Waals surface area (Å²) in [4.78, 5) is 0. The minimum atomic E-state index is 0.452. The van der Waals surface area contributed by atoms with Crippen molar-refractivity contribution in [3.05, 3.63) is 23.7 Å². The quantitative estimate of drug-likeness (QED) is 0.690. The first-order valence-corrected chi connectivity index (χ1v) is 4.55. The Morgan fingerprint density at radius 3 is 2.83 bits per heavy atom. The predicted molar refractivity (Wildman–Crippen MR) is 48.0 cm³/mol. The van der Waals surface area contributed by atoms with E-state index in [1.807, 2.05) is 13.0 Å². The second-order valence-corrected chi connectivity index (χ2v) is 3.75.